The Morgan fingerprint density at radius 1 is 1.62 bits per heavy atom. The highest BCUT2D eigenvalue weighted by Crippen LogP contribution is 2.24. The van der Waals surface area contributed by atoms with Crippen molar-refractivity contribution in [3.8, 4) is 0 Å². The van der Waals surface area contributed by atoms with E-state index in [1.165, 1.54) is 6.07 Å². The van der Waals surface area contributed by atoms with Crippen molar-refractivity contribution in [3.63, 3.8) is 0 Å². The van der Waals surface area contributed by atoms with Crippen LogP contribution in [-0.4, -0.2) is 10.1 Å². The predicted octanol–water partition coefficient (Wildman–Crippen LogP) is 2.42. The second-order valence-electron chi connectivity index (χ2n) is 2.56. The van der Waals surface area contributed by atoms with Gasteiger partial charge in [0.25, 0.3) is 6.43 Å². The van der Waals surface area contributed by atoms with Gasteiger partial charge in [-0.1, -0.05) is 0 Å². The van der Waals surface area contributed by atoms with Crippen molar-refractivity contribution in [2.45, 2.75) is 20.0 Å². The van der Waals surface area contributed by atoms with Gasteiger partial charge in [0.1, 0.15) is 5.69 Å². The summed E-state index contributed by atoms with van der Waals surface area (Å²) in [5, 5.41) is 8.84. The standard InChI is InChI=1S/C8H8F2INO/c1-4-5(3-13)2-6(11)7(12-4)8(9)10/h2,8,13H,3H2,1H3. The molecule has 0 aliphatic carbocycles. The Balaban J connectivity index is 3.20. The smallest absolute Gasteiger partial charge is 0.281 e. The number of hydrogen-bond donors (Lipinski definition) is 1. The molecule has 1 aromatic heterocycles. The average Bonchev–Trinajstić information content (AvgIpc) is 2.07. The fraction of sp³-hybridized carbons (Fsp3) is 0.375. The molecule has 0 unspecified atom stereocenters. The number of aromatic nitrogens is 1. The molecule has 0 saturated carbocycles. The molecule has 1 N–H and O–H groups in total. The maximum atomic E-state index is 12.3. The maximum absolute atomic E-state index is 12.3. The number of alkyl halides is 2. The number of aliphatic hydroxyl groups excluding tert-OH is 1. The van der Waals surface area contributed by atoms with Gasteiger partial charge in [-0.15, -0.1) is 0 Å². The van der Waals surface area contributed by atoms with Crippen LogP contribution in [0.1, 0.15) is 23.4 Å². The van der Waals surface area contributed by atoms with Crippen LogP contribution in [0.25, 0.3) is 0 Å². The topological polar surface area (TPSA) is 33.1 Å². The Kier molecular flexibility index (Phi) is 3.55. The van der Waals surface area contributed by atoms with Crippen LogP contribution in [-0.2, 0) is 6.61 Å². The van der Waals surface area contributed by atoms with Crippen molar-refractivity contribution in [3.05, 3.63) is 26.6 Å². The zero-order chi connectivity index (χ0) is 10.0. The van der Waals surface area contributed by atoms with E-state index in [1.54, 1.807) is 29.5 Å². The van der Waals surface area contributed by atoms with E-state index in [4.69, 9.17) is 5.11 Å². The van der Waals surface area contributed by atoms with Crippen LogP contribution in [0.2, 0.25) is 0 Å². The number of hydrogen-bond acceptors (Lipinski definition) is 2. The molecule has 0 radical (unpaired) electrons. The van der Waals surface area contributed by atoms with Gasteiger partial charge in [-0.05, 0) is 41.1 Å². The van der Waals surface area contributed by atoms with Crippen LogP contribution >= 0.6 is 22.6 Å². The molecule has 0 spiro atoms. The lowest BCUT2D eigenvalue weighted by molar-refractivity contribution is 0.144. The highest BCUT2D eigenvalue weighted by atomic mass is 127. The summed E-state index contributed by atoms with van der Waals surface area (Å²) in [6.07, 6.45) is -2.56. The molecule has 0 bridgehead atoms. The van der Waals surface area contributed by atoms with E-state index in [2.05, 4.69) is 4.98 Å². The van der Waals surface area contributed by atoms with Gasteiger partial charge < -0.3 is 5.11 Å². The summed E-state index contributed by atoms with van der Waals surface area (Å²) in [7, 11) is 0. The minimum Gasteiger partial charge on any atom is -0.392 e. The summed E-state index contributed by atoms with van der Waals surface area (Å²) in [4.78, 5) is 3.73. The zero-order valence-electron chi connectivity index (χ0n) is 6.89. The lowest BCUT2D eigenvalue weighted by Gasteiger charge is -2.07. The molecule has 1 rings (SSSR count). The molecule has 72 valence electrons. The van der Waals surface area contributed by atoms with Gasteiger partial charge in [-0.3, -0.25) is 4.98 Å². The summed E-state index contributed by atoms with van der Waals surface area (Å²) in [5.41, 5.74) is 0.835. The van der Waals surface area contributed by atoms with Gasteiger partial charge in [0, 0.05) is 9.26 Å². The van der Waals surface area contributed by atoms with Crippen molar-refractivity contribution in [1.82, 2.24) is 4.98 Å². The minimum absolute atomic E-state index is 0.168. The number of aliphatic hydroxyl groups is 1. The maximum Gasteiger partial charge on any atom is 0.281 e. The highest BCUT2D eigenvalue weighted by Gasteiger charge is 2.15. The largest absolute Gasteiger partial charge is 0.392 e. The SMILES string of the molecule is Cc1nc(C(F)F)c(I)cc1CO. The summed E-state index contributed by atoms with van der Waals surface area (Å²) in [6.45, 7) is 1.44. The molecule has 13 heavy (non-hydrogen) atoms. The third-order valence-electron chi connectivity index (χ3n) is 1.68. The second-order valence-corrected chi connectivity index (χ2v) is 3.72. The average molecular weight is 299 g/mol. The molecule has 0 aliphatic heterocycles. The number of rotatable bonds is 2. The lowest BCUT2D eigenvalue weighted by atomic mass is 10.2. The van der Waals surface area contributed by atoms with Crippen LogP contribution in [0.15, 0.2) is 6.07 Å². The van der Waals surface area contributed by atoms with Crippen LogP contribution in [0, 0.1) is 10.5 Å². The van der Waals surface area contributed by atoms with E-state index in [9.17, 15) is 8.78 Å². The Labute approximate surface area is 88.1 Å². The molecular formula is C8H8F2INO. The molecule has 0 aromatic carbocycles. The molecule has 0 saturated heterocycles. The van der Waals surface area contributed by atoms with Crippen molar-refractivity contribution < 1.29 is 13.9 Å². The van der Waals surface area contributed by atoms with E-state index in [0.29, 0.717) is 14.8 Å². The van der Waals surface area contributed by atoms with Gasteiger partial charge >= 0.3 is 0 Å². The normalized spacial score (nSPS) is 10.9. The van der Waals surface area contributed by atoms with E-state index in [-0.39, 0.29) is 12.3 Å². The van der Waals surface area contributed by atoms with Crippen molar-refractivity contribution in [1.29, 1.82) is 0 Å². The Hall–Kier alpha value is -0.300. The third-order valence-corrected chi connectivity index (χ3v) is 2.54. The van der Waals surface area contributed by atoms with Crippen LogP contribution in [0.3, 0.4) is 0 Å². The molecule has 0 aliphatic rings. The van der Waals surface area contributed by atoms with Gasteiger partial charge in [0.2, 0.25) is 0 Å². The third kappa shape index (κ3) is 2.34. The van der Waals surface area contributed by atoms with E-state index in [0.717, 1.165) is 0 Å². The van der Waals surface area contributed by atoms with Gasteiger partial charge in [0.15, 0.2) is 0 Å². The van der Waals surface area contributed by atoms with Crippen molar-refractivity contribution in [2.75, 3.05) is 0 Å². The molecule has 0 amide bonds. The Morgan fingerprint density at radius 3 is 2.69 bits per heavy atom. The first-order valence-electron chi connectivity index (χ1n) is 3.61. The Morgan fingerprint density at radius 2 is 2.23 bits per heavy atom. The van der Waals surface area contributed by atoms with Crippen molar-refractivity contribution >= 4 is 22.6 Å². The number of halogens is 3. The first-order chi connectivity index (χ1) is 6.06. The predicted molar refractivity (Wildman–Crippen MR) is 52.6 cm³/mol. The molecule has 0 atom stereocenters. The molecule has 2 nitrogen and oxygen atoms in total. The highest BCUT2D eigenvalue weighted by molar-refractivity contribution is 14.1. The van der Waals surface area contributed by atoms with Gasteiger partial charge in [-0.25, -0.2) is 8.78 Å². The fourth-order valence-electron chi connectivity index (χ4n) is 0.950. The van der Waals surface area contributed by atoms with Crippen LogP contribution in [0.5, 0.6) is 0 Å². The summed E-state index contributed by atoms with van der Waals surface area (Å²) >= 11 is 1.79. The van der Waals surface area contributed by atoms with E-state index >= 15 is 0 Å². The molecule has 0 fully saturated rings. The zero-order valence-corrected chi connectivity index (χ0v) is 9.05. The van der Waals surface area contributed by atoms with Crippen LogP contribution < -0.4 is 0 Å². The number of nitrogens with zero attached hydrogens (tertiary/aromatic N) is 1. The first kappa shape index (κ1) is 10.8. The minimum atomic E-state index is -2.56. The summed E-state index contributed by atoms with van der Waals surface area (Å²) in [6, 6.07) is 1.53. The number of pyridine rings is 1. The van der Waals surface area contributed by atoms with Gasteiger partial charge in [-0.2, -0.15) is 0 Å². The summed E-state index contributed by atoms with van der Waals surface area (Å²) < 4.78 is 25.0. The van der Waals surface area contributed by atoms with Gasteiger partial charge in [0.05, 0.1) is 6.61 Å². The molecular weight excluding hydrogens is 291 g/mol. The lowest BCUT2D eigenvalue weighted by Crippen LogP contribution is -2.01. The van der Waals surface area contributed by atoms with E-state index in [1.807, 2.05) is 0 Å². The van der Waals surface area contributed by atoms with Crippen molar-refractivity contribution in [2.24, 2.45) is 0 Å². The second kappa shape index (κ2) is 4.28. The monoisotopic (exact) mass is 299 g/mol. The fourth-order valence-corrected chi connectivity index (χ4v) is 1.68. The van der Waals surface area contributed by atoms with Crippen LogP contribution in [0.4, 0.5) is 8.78 Å². The quantitative estimate of drug-likeness (QED) is 0.851. The molecule has 1 aromatic rings. The molecule has 1 heterocycles. The van der Waals surface area contributed by atoms with E-state index < -0.39 is 6.43 Å². The number of aryl methyl sites for hydroxylation is 1. The summed E-state index contributed by atoms with van der Waals surface area (Å²) in [5.74, 6) is 0. The molecule has 5 heteroatoms. The Bertz CT molecular complexity index is 317. The first-order valence-corrected chi connectivity index (χ1v) is 4.69.